The Balaban J connectivity index is 1.94. The molecule has 1 saturated carbocycles. The summed E-state index contributed by atoms with van der Waals surface area (Å²) in [5.74, 6) is 0.493. The van der Waals surface area contributed by atoms with Gasteiger partial charge in [-0.2, -0.15) is 0 Å². The maximum atomic E-state index is 12.3. The Labute approximate surface area is 103 Å². The molecule has 1 heterocycles. The van der Waals surface area contributed by atoms with Crippen molar-refractivity contribution in [2.75, 3.05) is 26.8 Å². The molecule has 1 amide bonds. The number of hydrogen-bond donors (Lipinski definition) is 1. The van der Waals surface area contributed by atoms with E-state index in [-0.39, 0.29) is 5.91 Å². The Morgan fingerprint density at radius 2 is 2.35 bits per heavy atom. The highest BCUT2D eigenvalue weighted by Gasteiger charge is 2.45. The van der Waals surface area contributed by atoms with Gasteiger partial charge in [0.15, 0.2) is 0 Å². The topological polar surface area (TPSA) is 55.6 Å². The molecule has 4 nitrogen and oxygen atoms in total. The summed E-state index contributed by atoms with van der Waals surface area (Å²) in [4.78, 5) is 14.2. The van der Waals surface area contributed by atoms with E-state index in [0.29, 0.717) is 19.1 Å². The molecule has 2 aliphatic rings. The van der Waals surface area contributed by atoms with E-state index in [1.807, 2.05) is 11.8 Å². The number of rotatable bonds is 4. The van der Waals surface area contributed by atoms with E-state index < -0.39 is 5.54 Å². The summed E-state index contributed by atoms with van der Waals surface area (Å²) in [7, 11) is 1.70. The first-order valence-corrected chi connectivity index (χ1v) is 6.30. The van der Waals surface area contributed by atoms with Crippen LogP contribution in [-0.4, -0.2) is 43.2 Å². The Kier molecular flexibility index (Phi) is 3.54. The van der Waals surface area contributed by atoms with Crippen molar-refractivity contribution >= 4 is 5.91 Å². The molecule has 0 spiro atoms. The van der Waals surface area contributed by atoms with Crippen molar-refractivity contribution in [1.82, 2.24) is 4.90 Å². The first-order chi connectivity index (χ1) is 8.05. The standard InChI is InChI=1S/C13H22N2O2/c1-13(14,11-3-4-11)12(16)15-7-5-10(6-8-15)9-17-2/h5,11H,3-4,6-9,14H2,1-2H3. The van der Waals surface area contributed by atoms with E-state index in [1.165, 1.54) is 5.57 Å². The maximum absolute atomic E-state index is 12.3. The first kappa shape index (κ1) is 12.6. The molecule has 0 aromatic rings. The molecular weight excluding hydrogens is 216 g/mol. The van der Waals surface area contributed by atoms with Crippen LogP contribution in [0.5, 0.6) is 0 Å². The van der Waals surface area contributed by atoms with Crippen LogP contribution in [-0.2, 0) is 9.53 Å². The van der Waals surface area contributed by atoms with Crippen LogP contribution >= 0.6 is 0 Å². The lowest BCUT2D eigenvalue weighted by Crippen LogP contribution is -2.55. The molecule has 1 fully saturated rings. The zero-order valence-corrected chi connectivity index (χ0v) is 10.7. The van der Waals surface area contributed by atoms with Gasteiger partial charge >= 0.3 is 0 Å². The van der Waals surface area contributed by atoms with Crippen LogP contribution in [0.4, 0.5) is 0 Å². The van der Waals surface area contributed by atoms with Crippen molar-refractivity contribution < 1.29 is 9.53 Å². The fraction of sp³-hybridized carbons (Fsp3) is 0.769. The summed E-state index contributed by atoms with van der Waals surface area (Å²) in [5.41, 5.74) is 6.77. The molecule has 17 heavy (non-hydrogen) atoms. The molecule has 1 aliphatic heterocycles. The smallest absolute Gasteiger partial charge is 0.242 e. The van der Waals surface area contributed by atoms with Gasteiger partial charge in [0.2, 0.25) is 5.91 Å². The summed E-state index contributed by atoms with van der Waals surface area (Å²) >= 11 is 0. The van der Waals surface area contributed by atoms with Gasteiger partial charge in [-0.05, 0) is 37.7 Å². The Bertz CT molecular complexity index is 332. The van der Waals surface area contributed by atoms with E-state index >= 15 is 0 Å². The minimum atomic E-state index is -0.660. The molecule has 96 valence electrons. The van der Waals surface area contributed by atoms with Gasteiger partial charge in [-0.15, -0.1) is 0 Å². The lowest BCUT2D eigenvalue weighted by molar-refractivity contribution is -0.136. The molecule has 1 atom stereocenters. The number of carbonyl (C=O) groups excluding carboxylic acids is 1. The summed E-state index contributed by atoms with van der Waals surface area (Å²) in [5, 5.41) is 0. The number of amides is 1. The van der Waals surface area contributed by atoms with Gasteiger partial charge in [0.1, 0.15) is 0 Å². The zero-order chi connectivity index (χ0) is 12.5. The molecule has 0 bridgehead atoms. The fourth-order valence-corrected chi connectivity index (χ4v) is 2.41. The summed E-state index contributed by atoms with van der Waals surface area (Å²) in [6.07, 6.45) is 5.18. The van der Waals surface area contributed by atoms with E-state index in [1.54, 1.807) is 7.11 Å². The second kappa shape index (κ2) is 4.78. The summed E-state index contributed by atoms with van der Waals surface area (Å²) < 4.78 is 5.10. The Morgan fingerprint density at radius 3 is 2.82 bits per heavy atom. The van der Waals surface area contributed by atoms with Crippen LogP contribution in [0, 0.1) is 5.92 Å². The first-order valence-electron chi connectivity index (χ1n) is 6.30. The highest BCUT2D eigenvalue weighted by Crippen LogP contribution is 2.39. The highest BCUT2D eigenvalue weighted by molar-refractivity contribution is 5.86. The molecule has 0 aromatic heterocycles. The molecule has 1 aliphatic carbocycles. The van der Waals surface area contributed by atoms with Crippen LogP contribution in [0.1, 0.15) is 26.2 Å². The minimum Gasteiger partial charge on any atom is -0.380 e. The van der Waals surface area contributed by atoms with Crippen LogP contribution in [0.15, 0.2) is 11.6 Å². The molecule has 1 unspecified atom stereocenters. The third-order valence-corrected chi connectivity index (χ3v) is 3.81. The predicted molar refractivity (Wildman–Crippen MR) is 66.5 cm³/mol. The van der Waals surface area contributed by atoms with E-state index in [2.05, 4.69) is 6.08 Å². The van der Waals surface area contributed by atoms with Gasteiger partial charge < -0.3 is 15.4 Å². The van der Waals surface area contributed by atoms with Crippen LogP contribution in [0.25, 0.3) is 0 Å². The van der Waals surface area contributed by atoms with Gasteiger partial charge in [-0.25, -0.2) is 0 Å². The fourth-order valence-electron chi connectivity index (χ4n) is 2.41. The average molecular weight is 238 g/mol. The molecular formula is C13H22N2O2. The van der Waals surface area contributed by atoms with Gasteiger partial charge in [-0.3, -0.25) is 4.79 Å². The number of hydrogen-bond acceptors (Lipinski definition) is 3. The highest BCUT2D eigenvalue weighted by atomic mass is 16.5. The van der Waals surface area contributed by atoms with Crippen molar-refractivity contribution in [3.05, 3.63) is 11.6 Å². The van der Waals surface area contributed by atoms with Gasteiger partial charge in [0.05, 0.1) is 12.1 Å². The van der Waals surface area contributed by atoms with E-state index in [4.69, 9.17) is 10.5 Å². The van der Waals surface area contributed by atoms with Gasteiger partial charge in [0.25, 0.3) is 0 Å². The predicted octanol–water partition coefficient (Wildman–Crippen LogP) is 0.919. The molecule has 4 heteroatoms. The van der Waals surface area contributed by atoms with Gasteiger partial charge in [0, 0.05) is 20.2 Å². The van der Waals surface area contributed by atoms with Crippen molar-refractivity contribution in [1.29, 1.82) is 0 Å². The minimum absolute atomic E-state index is 0.104. The number of carbonyl (C=O) groups is 1. The van der Waals surface area contributed by atoms with Crippen molar-refractivity contribution in [2.45, 2.75) is 31.7 Å². The normalized spacial score (nSPS) is 24.2. The van der Waals surface area contributed by atoms with Gasteiger partial charge in [-0.1, -0.05) is 6.08 Å². The van der Waals surface area contributed by atoms with E-state index in [9.17, 15) is 4.79 Å². The third kappa shape index (κ3) is 2.69. The maximum Gasteiger partial charge on any atom is 0.242 e. The lowest BCUT2D eigenvalue weighted by Gasteiger charge is -2.33. The third-order valence-electron chi connectivity index (χ3n) is 3.81. The molecule has 2 rings (SSSR count). The van der Waals surface area contributed by atoms with Crippen molar-refractivity contribution in [3.8, 4) is 0 Å². The SMILES string of the molecule is COCC1=CCN(C(=O)C(C)(N)C2CC2)CC1. The second-order valence-corrected chi connectivity index (χ2v) is 5.35. The quantitative estimate of drug-likeness (QED) is 0.741. The zero-order valence-electron chi connectivity index (χ0n) is 10.7. The average Bonchev–Trinajstić information content (AvgIpc) is 3.13. The number of ether oxygens (including phenoxy) is 1. The van der Waals surface area contributed by atoms with Crippen molar-refractivity contribution in [3.63, 3.8) is 0 Å². The largest absolute Gasteiger partial charge is 0.380 e. The molecule has 2 N–H and O–H groups in total. The van der Waals surface area contributed by atoms with Crippen molar-refractivity contribution in [2.24, 2.45) is 11.7 Å². The number of nitrogens with zero attached hydrogens (tertiary/aromatic N) is 1. The van der Waals surface area contributed by atoms with Crippen LogP contribution in [0.2, 0.25) is 0 Å². The van der Waals surface area contributed by atoms with Crippen LogP contribution < -0.4 is 5.73 Å². The van der Waals surface area contributed by atoms with Crippen LogP contribution in [0.3, 0.4) is 0 Å². The van der Waals surface area contributed by atoms with E-state index in [0.717, 1.165) is 25.8 Å². The Morgan fingerprint density at radius 1 is 1.65 bits per heavy atom. The number of methoxy groups -OCH3 is 1. The molecule has 0 aromatic carbocycles. The summed E-state index contributed by atoms with van der Waals surface area (Å²) in [6.45, 7) is 4.00. The summed E-state index contributed by atoms with van der Waals surface area (Å²) in [6, 6.07) is 0. The second-order valence-electron chi connectivity index (χ2n) is 5.35. The Hall–Kier alpha value is -0.870. The lowest BCUT2D eigenvalue weighted by atomic mass is 9.94. The molecule has 0 saturated heterocycles. The number of nitrogens with two attached hydrogens (primary N) is 1. The monoisotopic (exact) mass is 238 g/mol. The molecule has 0 radical (unpaired) electrons.